The minimum Gasteiger partial charge on any atom is -0.340 e. The molecule has 110 valence electrons. The molecule has 1 aromatic carbocycles. The van der Waals surface area contributed by atoms with E-state index in [1.165, 1.54) is 12.0 Å². The Balaban J connectivity index is 1.70. The van der Waals surface area contributed by atoms with E-state index in [0.717, 1.165) is 45.6 Å². The van der Waals surface area contributed by atoms with Gasteiger partial charge in [-0.05, 0) is 37.9 Å². The van der Waals surface area contributed by atoms with Crippen LogP contribution in [0, 0.1) is 0 Å². The molecule has 0 radical (unpaired) electrons. The summed E-state index contributed by atoms with van der Waals surface area (Å²) in [5.41, 5.74) is 6.83. The second kappa shape index (κ2) is 8.02. The number of carbonyl (C=O) groups excluding carboxylic acids is 1. The molecule has 1 saturated heterocycles. The number of carbonyl (C=O) groups is 1. The monoisotopic (exact) mass is 275 g/mol. The SMILES string of the molecule is NCC(=O)N1CCCN(CCCc2ccccc2)CC1. The molecule has 2 rings (SSSR count). The lowest BCUT2D eigenvalue weighted by Crippen LogP contribution is -2.38. The minimum absolute atomic E-state index is 0.0798. The van der Waals surface area contributed by atoms with E-state index in [0.29, 0.717) is 0 Å². The predicted molar refractivity (Wildman–Crippen MR) is 81.5 cm³/mol. The third-order valence-electron chi connectivity index (χ3n) is 3.90. The Bertz CT molecular complexity index is 407. The first-order valence-corrected chi connectivity index (χ1v) is 7.53. The molecule has 0 spiro atoms. The summed E-state index contributed by atoms with van der Waals surface area (Å²) < 4.78 is 0. The van der Waals surface area contributed by atoms with E-state index in [-0.39, 0.29) is 12.5 Å². The van der Waals surface area contributed by atoms with Gasteiger partial charge in [-0.15, -0.1) is 0 Å². The van der Waals surface area contributed by atoms with E-state index in [9.17, 15) is 4.79 Å². The standard InChI is InChI=1S/C16H25N3O/c17-14-16(20)19-11-5-10-18(12-13-19)9-4-8-15-6-2-1-3-7-15/h1-3,6-7H,4-5,8-14,17H2. The minimum atomic E-state index is 0.0798. The van der Waals surface area contributed by atoms with Crippen LogP contribution in [-0.2, 0) is 11.2 Å². The van der Waals surface area contributed by atoms with Gasteiger partial charge in [0.25, 0.3) is 0 Å². The Kier molecular flexibility index (Phi) is 6.02. The number of rotatable bonds is 5. The highest BCUT2D eigenvalue weighted by molar-refractivity contribution is 5.78. The molecule has 0 bridgehead atoms. The van der Waals surface area contributed by atoms with Gasteiger partial charge in [0.2, 0.25) is 5.91 Å². The molecule has 1 aliphatic heterocycles. The van der Waals surface area contributed by atoms with Crippen molar-refractivity contribution in [2.75, 3.05) is 39.3 Å². The van der Waals surface area contributed by atoms with Gasteiger partial charge in [-0.3, -0.25) is 4.79 Å². The molecule has 2 N–H and O–H groups in total. The van der Waals surface area contributed by atoms with Gasteiger partial charge in [0, 0.05) is 19.6 Å². The molecule has 0 aromatic heterocycles. The van der Waals surface area contributed by atoms with Gasteiger partial charge in [0.1, 0.15) is 0 Å². The average molecular weight is 275 g/mol. The zero-order valence-electron chi connectivity index (χ0n) is 12.1. The van der Waals surface area contributed by atoms with Crippen molar-refractivity contribution in [3.8, 4) is 0 Å². The van der Waals surface area contributed by atoms with Crippen molar-refractivity contribution in [3.63, 3.8) is 0 Å². The first kappa shape index (κ1) is 15.0. The molecule has 0 saturated carbocycles. The van der Waals surface area contributed by atoms with Gasteiger partial charge in [0.05, 0.1) is 6.54 Å². The molecule has 0 unspecified atom stereocenters. The lowest BCUT2D eigenvalue weighted by molar-refractivity contribution is -0.129. The van der Waals surface area contributed by atoms with Gasteiger partial charge < -0.3 is 15.5 Å². The molecular weight excluding hydrogens is 250 g/mol. The third-order valence-corrected chi connectivity index (χ3v) is 3.90. The Labute approximate surface area is 121 Å². The van der Waals surface area contributed by atoms with Crippen molar-refractivity contribution >= 4 is 5.91 Å². The van der Waals surface area contributed by atoms with Crippen LogP contribution in [0.2, 0.25) is 0 Å². The molecule has 1 aliphatic rings. The summed E-state index contributed by atoms with van der Waals surface area (Å²) in [6.07, 6.45) is 3.36. The van der Waals surface area contributed by atoms with Gasteiger partial charge in [-0.1, -0.05) is 30.3 Å². The number of aryl methyl sites for hydroxylation is 1. The fourth-order valence-corrected chi connectivity index (χ4v) is 2.72. The number of hydrogen-bond donors (Lipinski definition) is 1. The van der Waals surface area contributed by atoms with E-state index in [2.05, 4.69) is 35.2 Å². The zero-order chi connectivity index (χ0) is 14.2. The van der Waals surface area contributed by atoms with Crippen molar-refractivity contribution in [1.82, 2.24) is 9.80 Å². The first-order valence-electron chi connectivity index (χ1n) is 7.53. The van der Waals surface area contributed by atoms with E-state index in [4.69, 9.17) is 5.73 Å². The molecule has 20 heavy (non-hydrogen) atoms. The molecule has 1 amide bonds. The summed E-state index contributed by atoms with van der Waals surface area (Å²) in [4.78, 5) is 16.0. The van der Waals surface area contributed by atoms with E-state index in [1.54, 1.807) is 0 Å². The summed E-state index contributed by atoms with van der Waals surface area (Å²) in [6, 6.07) is 10.6. The van der Waals surface area contributed by atoms with Crippen molar-refractivity contribution in [2.24, 2.45) is 5.73 Å². The van der Waals surface area contributed by atoms with Crippen LogP contribution in [-0.4, -0.2) is 55.0 Å². The number of hydrogen-bond acceptors (Lipinski definition) is 3. The Morgan fingerprint density at radius 2 is 1.90 bits per heavy atom. The van der Waals surface area contributed by atoms with Crippen LogP contribution in [0.4, 0.5) is 0 Å². The van der Waals surface area contributed by atoms with E-state index in [1.807, 2.05) is 4.90 Å². The van der Waals surface area contributed by atoms with Crippen LogP contribution in [0.5, 0.6) is 0 Å². The van der Waals surface area contributed by atoms with Crippen LogP contribution in [0.3, 0.4) is 0 Å². The van der Waals surface area contributed by atoms with Crippen molar-refractivity contribution in [2.45, 2.75) is 19.3 Å². The van der Waals surface area contributed by atoms with Gasteiger partial charge in [0.15, 0.2) is 0 Å². The second-order valence-corrected chi connectivity index (χ2v) is 5.37. The third kappa shape index (κ3) is 4.62. The topological polar surface area (TPSA) is 49.6 Å². The molecule has 1 heterocycles. The van der Waals surface area contributed by atoms with Gasteiger partial charge in [-0.2, -0.15) is 0 Å². The van der Waals surface area contributed by atoms with Crippen LogP contribution >= 0.6 is 0 Å². The molecule has 0 atom stereocenters. The smallest absolute Gasteiger partial charge is 0.236 e. The molecule has 4 heteroatoms. The van der Waals surface area contributed by atoms with Gasteiger partial charge >= 0.3 is 0 Å². The summed E-state index contributed by atoms with van der Waals surface area (Å²) >= 11 is 0. The predicted octanol–water partition coefficient (Wildman–Crippen LogP) is 1.11. The van der Waals surface area contributed by atoms with Crippen LogP contribution < -0.4 is 5.73 Å². The summed E-state index contributed by atoms with van der Waals surface area (Å²) in [5, 5.41) is 0. The number of nitrogens with zero attached hydrogens (tertiary/aromatic N) is 2. The summed E-state index contributed by atoms with van der Waals surface area (Å²) in [5.74, 6) is 0.0798. The number of benzene rings is 1. The first-order chi connectivity index (χ1) is 9.79. The lowest BCUT2D eigenvalue weighted by Gasteiger charge is -2.21. The van der Waals surface area contributed by atoms with Gasteiger partial charge in [-0.25, -0.2) is 0 Å². The fourth-order valence-electron chi connectivity index (χ4n) is 2.72. The summed E-state index contributed by atoms with van der Waals surface area (Å²) in [6.45, 7) is 4.98. The van der Waals surface area contributed by atoms with Crippen molar-refractivity contribution < 1.29 is 4.79 Å². The van der Waals surface area contributed by atoms with E-state index >= 15 is 0 Å². The maximum Gasteiger partial charge on any atom is 0.236 e. The molecular formula is C16H25N3O. The maximum absolute atomic E-state index is 11.6. The van der Waals surface area contributed by atoms with Crippen LogP contribution in [0.1, 0.15) is 18.4 Å². The molecule has 0 aliphatic carbocycles. The Morgan fingerprint density at radius 3 is 2.65 bits per heavy atom. The van der Waals surface area contributed by atoms with Crippen LogP contribution in [0.15, 0.2) is 30.3 Å². The lowest BCUT2D eigenvalue weighted by atomic mass is 10.1. The highest BCUT2D eigenvalue weighted by atomic mass is 16.2. The molecule has 1 aromatic rings. The Hall–Kier alpha value is -1.39. The number of amides is 1. The Morgan fingerprint density at radius 1 is 1.10 bits per heavy atom. The van der Waals surface area contributed by atoms with E-state index < -0.39 is 0 Å². The molecule has 4 nitrogen and oxygen atoms in total. The largest absolute Gasteiger partial charge is 0.340 e. The maximum atomic E-state index is 11.6. The van der Waals surface area contributed by atoms with Crippen LogP contribution in [0.25, 0.3) is 0 Å². The highest BCUT2D eigenvalue weighted by Crippen LogP contribution is 2.07. The zero-order valence-corrected chi connectivity index (χ0v) is 12.1. The summed E-state index contributed by atoms with van der Waals surface area (Å²) in [7, 11) is 0. The molecule has 1 fully saturated rings. The van der Waals surface area contributed by atoms with Crippen molar-refractivity contribution in [1.29, 1.82) is 0 Å². The quantitative estimate of drug-likeness (QED) is 0.876. The fraction of sp³-hybridized carbons (Fsp3) is 0.562. The normalized spacial score (nSPS) is 16.9. The van der Waals surface area contributed by atoms with Crippen molar-refractivity contribution in [3.05, 3.63) is 35.9 Å². The highest BCUT2D eigenvalue weighted by Gasteiger charge is 2.17. The average Bonchev–Trinajstić information content (AvgIpc) is 2.73. The second-order valence-electron chi connectivity index (χ2n) is 5.37. The number of nitrogens with two attached hydrogens (primary N) is 1.